The summed E-state index contributed by atoms with van der Waals surface area (Å²) in [5.41, 5.74) is 1.17. The second kappa shape index (κ2) is 8.93. The van der Waals surface area contributed by atoms with Crippen LogP contribution in [0.2, 0.25) is 0 Å². The Hall–Kier alpha value is -2.80. The van der Waals surface area contributed by atoms with Gasteiger partial charge in [-0.25, -0.2) is 4.98 Å². The smallest absolute Gasteiger partial charge is 0.262 e. The van der Waals surface area contributed by atoms with Crippen molar-refractivity contribution >= 4 is 34.3 Å². The largest absolute Gasteiger partial charge is 0.495 e. The van der Waals surface area contributed by atoms with Gasteiger partial charge in [-0.3, -0.25) is 14.2 Å². The van der Waals surface area contributed by atoms with Crippen LogP contribution in [0.5, 0.6) is 5.75 Å². The van der Waals surface area contributed by atoms with Crippen LogP contribution in [0.4, 0.5) is 5.69 Å². The monoisotopic (exact) mass is 397 g/mol. The molecule has 0 saturated carbocycles. The molecule has 3 aromatic rings. The molecule has 146 valence electrons. The summed E-state index contributed by atoms with van der Waals surface area (Å²) in [6.07, 6.45) is 0.801. The molecule has 0 spiro atoms. The summed E-state index contributed by atoms with van der Waals surface area (Å²) < 4.78 is 6.93. The number of fused-ring (bicyclic) bond motifs is 1. The molecule has 28 heavy (non-hydrogen) atoms. The average Bonchev–Trinajstić information content (AvgIpc) is 2.71. The third kappa shape index (κ3) is 4.20. The lowest BCUT2D eigenvalue weighted by molar-refractivity contribution is -0.115. The molecule has 1 aromatic heterocycles. The molecule has 0 unspecified atom stereocenters. The molecule has 0 aliphatic rings. The van der Waals surface area contributed by atoms with Gasteiger partial charge in [0.1, 0.15) is 5.75 Å². The number of nitrogens with one attached hydrogen (secondary N) is 1. The second-order valence-corrected chi connectivity index (χ2v) is 7.63. The molecular weight excluding hydrogens is 374 g/mol. The number of rotatable bonds is 7. The van der Waals surface area contributed by atoms with E-state index >= 15 is 0 Å². The fourth-order valence-electron chi connectivity index (χ4n) is 2.85. The first-order valence-electron chi connectivity index (χ1n) is 9.15. The number of hydrogen-bond acceptors (Lipinski definition) is 5. The minimum Gasteiger partial charge on any atom is -0.495 e. The Kier molecular flexibility index (Phi) is 6.36. The van der Waals surface area contributed by atoms with Crippen LogP contribution in [0, 0.1) is 0 Å². The van der Waals surface area contributed by atoms with E-state index in [1.807, 2.05) is 37.3 Å². The van der Waals surface area contributed by atoms with Crippen molar-refractivity contribution in [1.82, 2.24) is 9.55 Å². The molecule has 0 fully saturated rings. The Labute approximate surface area is 167 Å². The zero-order valence-corrected chi connectivity index (χ0v) is 17.0. The summed E-state index contributed by atoms with van der Waals surface area (Å²) in [7, 11) is 1.56. The number of methoxy groups -OCH3 is 1. The van der Waals surface area contributed by atoms with Crippen LogP contribution in [0.3, 0.4) is 0 Å². The van der Waals surface area contributed by atoms with E-state index in [0.29, 0.717) is 34.0 Å². The number of thioether (sulfide) groups is 1. The minimum absolute atomic E-state index is 0.0766. The van der Waals surface area contributed by atoms with Gasteiger partial charge < -0.3 is 10.1 Å². The number of hydrogen-bond donors (Lipinski definition) is 1. The molecule has 7 heteroatoms. The SMILES string of the molecule is CCCn1c(S[C@H](C)C(=O)Nc2ccccc2OC)nc2ccccc2c1=O. The highest BCUT2D eigenvalue weighted by molar-refractivity contribution is 8.00. The van der Waals surface area contributed by atoms with Gasteiger partial charge in [-0.15, -0.1) is 0 Å². The number of nitrogens with zero attached hydrogens (tertiary/aromatic N) is 2. The van der Waals surface area contributed by atoms with Gasteiger partial charge in [0.2, 0.25) is 5.91 Å². The number of anilines is 1. The molecule has 1 heterocycles. The Morgan fingerprint density at radius 3 is 2.68 bits per heavy atom. The number of benzene rings is 2. The first-order chi connectivity index (χ1) is 13.5. The van der Waals surface area contributed by atoms with Crippen LogP contribution < -0.4 is 15.6 Å². The standard InChI is InChI=1S/C21H23N3O3S/c1-4-13-24-20(26)15-9-5-6-10-16(15)23-21(24)28-14(2)19(25)22-17-11-7-8-12-18(17)27-3/h5-12,14H,4,13H2,1-3H3,(H,22,25)/t14-/m1/s1. The van der Waals surface area contributed by atoms with Crippen molar-refractivity contribution in [2.75, 3.05) is 12.4 Å². The van der Waals surface area contributed by atoms with E-state index in [-0.39, 0.29) is 11.5 Å². The molecule has 3 rings (SSSR count). The maximum absolute atomic E-state index is 12.9. The first-order valence-corrected chi connectivity index (χ1v) is 10.0. The van der Waals surface area contributed by atoms with Crippen molar-refractivity contribution < 1.29 is 9.53 Å². The van der Waals surface area contributed by atoms with Gasteiger partial charge in [0, 0.05) is 6.54 Å². The summed E-state index contributed by atoms with van der Waals surface area (Å²) in [6.45, 7) is 4.36. The highest BCUT2D eigenvalue weighted by Gasteiger charge is 2.20. The molecule has 0 aliphatic carbocycles. The van der Waals surface area contributed by atoms with Gasteiger partial charge in [0.25, 0.3) is 5.56 Å². The number of carbonyl (C=O) groups excluding carboxylic acids is 1. The van der Waals surface area contributed by atoms with Crippen molar-refractivity contribution in [2.45, 2.75) is 37.2 Å². The number of ether oxygens (including phenoxy) is 1. The first kappa shape index (κ1) is 19.9. The van der Waals surface area contributed by atoms with Gasteiger partial charge in [-0.2, -0.15) is 0 Å². The second-order valence-electron chi connectivity index (χ2n) is 6.32. The van der Waals surface area contributed by atoms with Gasteiger partial charge in [-0.1, -0.05) is 43.0 Å². The maximum atomic E-state index is 12.9. The third-order valence-electron chi connectivity index (χ3n) is 4.29. The molecule has 0 saturated heterocycles. The summed E-state index contributed by atoms with van der Waals surface area (Å²) in [6, 6.07) is 14.5. The highest BCUT2D eigenvalue weighted by atomic mass is 32.2. The molecule has 0 aliphatic heterocycles. The van der Waals surface area contributed by atoms with E-state index in [1.54, 1.807) is 36.8 Å². The predicted octanol–water partition coefficient (Wildman–Crippen LogP) is 3.93. The van der Waals surface area contributed by atoms with Crippen LogP contribution in [-0.2, 0) is 11.3 Å². The van der Waals surface area contributed by atoms with Crippen molar-refractivity contribution in [3.05, 3.63) is 58.9 Å². The van der Waals surface area contributed by atoms with Gasteiger partial charge in [0.05, 0.1) is 29.0 Å². The Bertz CT molecular complexity index is 1050. The third-order valence-corrected chi connectivity index (χ3v) is 5.38. The van der Waals surface area contributed by atoms with Crippen molar-refractivity contribution in [1.29, 1.82) is 0 Å². The normalized spacial score (nSPS) is 12.0. The zero-order chi connectivity index (χ0) is 20.1. The number of aromatic nitrogens is 2. The van der Waals surface area contributed by atoms with Crippen molar-refractivity contribution in [3.63, 3.8) is 0 Å². The number of amides is 1. The number of para-hydroxylation sites is 3. The van der Waals surface area contributed by atoms with E-state index in [1.165, 1.54) is 11.8 Å². The van der Waals surface area contributed by atoms with Crippen LogP contribution in [0.15, 0.2) is 58.5 Å². The Morgan fingerprint density at radius 2 is 1.93 bits per heavy atom. The van der Waals surface area contributed by atoms with Crippen LogP contribution in [0.25, 0.3) is 10.9 Å². The molecule has 1 amide bonds. The molecule has 0 bridgehead atoms. The summed E-state index contributed by atoms with van der Waals surface area (Å²) in [5, 5.41) is 3.58. The van der Waals surface area contributed by atoms with E-state index in [9.17, 15) is 9.59 Å². The van der Waals surface area contributed by atoms with E-state index < -0.39 is 5.25 Å². The molecule has 6 nitrogen and oxygen atoms in total. The summed E-state index contributed by atoms with van der Waals surface area (Å²) in [5.74, 6) is 0.416. The lowest BCUT2D eigenvalue weighted by atomic mass is 10.2. The molecule has 2 aromatic carbocycles. The quantitative estimate of drug-likeness (QED) is 0.483. The average molecular weight is 398 g/mol. The summed E-state index contributed by atoms with van der Waals surface area (Å²) >= 11 is 1.28. The van der Waals surface area contributed by atoms with Crippen LogP contribution >= 0.6 is 11.8 Å². The summed E-state index contributed by atoms with van der Waals surface area (Å²) in [4.78, 5) is 30.2. The maximum Gasteiger partial charge on any atom is 0.262 e. The topological polar surface area (TPSA) is 73.2 Å². The van der Waals surface area contributed by atoms with Gasteiger partial charge in [-0.05, 0) is 37.6 Å². The van der Waals surface area contributed by atoms with E-state index in [0.717, 1.165) is 6.42 Å². The van der Waals surface area contributed by atoms with Gasteiger partial charge >= 0.3 is 0 Å². The van der Waals surface area contributed by atoms with Crippen molar-refractivity contribution in [2.24, 2.45) is 0 Å². The minimum atomic E-state index is -0.443. The zero-order valence-electron chi connectivity index (χ0n) is 16.1. The van der Waals surface area contributed by atoms with Crippen molar-refractivity contribution in [3.8, 4) is 5.75 Å². The van der Waals surface area contributed by atoms with Gasteiger partial charge in [0.15, 0.2) is 5.16 Å². The van der Waals surface area contributed by atoms with E-state index in [4.69, 9.17) is 4.74 Å². The van der Waals surface area contributed by atoms with Crippen LogP contribution in [-0.4, -0.2) is 27.8 Å². The van der Waals surface area contributed by atoms with E-state index in [2.05, 4.69) is 10.3 Å². The molecular formula is C21H23N3O3S. The Balaban J connectivity index is 1.87. The lowest BCUT2D eigenvalue weighted by Gasteiger charge is -2.16. The predicted molar refractivity (Wildman–Crippen MR) is 113 cm³/mol. The molecule has 1 atom stereocenters. The molecule has 1 N–H and O–H groups in total. The molecule has 0 radical (unpaired) electrons. The highest BCUT2D eigenvalue weighted by Crippen LogP contribution is 2.27. The fraction of sp³-hybridized carbons (Fsp3) is 0.286. The lowest BCUT2D eigenvalue weighted by Crippen LogP contribution is -2.27. The number of carbonyl (C=O) groups is 1. The Morgan fingerprint density at radius 1 is 1.21 bits per heavy atom. The fourth-order valence-corrected chi connectivity index (χ4v) is 3.79. The van der Waals surface area contributed by atoms with Crippen LogP contribution in [0.1, 0.15) is 20.3 Å².